The molecular weight excluding hydrogens is 208 g/mol. The summed E-state index contributed by atoms with van der Waals surface area (Å²) in [5.74, 6) is 0. The number of aliphatic hydroxyl groups excluding tert-OH is 7. The molecule has 0 heterocycles. The number of hydrogen-bond donors (Lipinski definition) is 7. The van der Waals surface area contributed by atoms with Gasteiger partial charge in [0.25, 0.3) is 0 Å². The van der Waals surface area contributed by atoms with Crippen molar-refractivity contribution in [2.75, 3.05) is 13.2 Å². The molecule has 0 aliphatic rings. The third-order valence-corrected chi connectivity index (χ3v) is 1.51. The molecule has 0 amide bonds. The van der Waals surface area contributed by atoms with Gasteiger partial charge in [-0.2, -0.15) is 0 Å². The first-order valence-corrected chi connectivity index (χ1v) is 4.15. The SMILES string of the molecule is C=CO.OCC(O)C(O)C(O)C(O)CO. The zero-order valence-corrected chi connectivity index (χ0v) is 8.14. The van der Waals surface area contributed by atoms with Crippen LogP contribution in [0, 0.1) is 0 Å². The van der Waals surface area contributed by atoms with E-state index in [9.17, 15) is 0 Å². The normalized spacial score (nSPS) is 18.0. The Kier molecular flexibility index (Phi) is 11.0. The highest BCUT2D eigenvalue weighted by atomic mass is 16.4. The van der Waals surface area contributed by atoms with Crippen LogP contribution in [0.5, 0.6) is 0 Å². The predicted octanol–water partition coefficient (Wildman–Crippen LogP) is -2.90. The Bertz CT molecular complexity index is 138. The average Bonchev–Trinajstić information content (AvgIpc) is 2.25. The molecule has 92 valence electrons. The number of aliphatic hydroxyl groups is 7. The van der Waals surface area contributed by atoms with Gasteiger partial charge in [-0.3, -0.25) is 0 Å². The van der Waals surface area contributed by atoms with E-state index in [0.29, 0.717) is 0 Å². The van der Waals surface area contributed by atoms with Gasteiger partial charge in [-0.05, 0) is 0 Å². The van der Waals surface area contributed by atoms with Crippen LogP contribution in [0.4, 0.5) is 0 Å². The first-order valence-electron chi connectivity index (χ1n) is 4.15. The van der Waals surface area contributed by atoms with E-state index in [1.165, 1.54) is 0 Å². The molecule has 4 unspecified atom stereocenters. The Labute approximate surface area is 87.2 Å². The standard InChI is InChI=1S/C6H14O6.C2H4O/c7-1-3(9)5(11)6(12)4(10)2-8;1-2-3/h3-12H,1-2H2;2-3H,1H2. The lowest BCUT2D eigenvalue weighted by atomic mass is 10.0. The van der Waals surface area contributed by atoms with E-state index in [2.05, 4.69) is 6.58 Å². The Balaban J connectivity index is 0. The summed E-state index contributed by atoms with van der Waals surface area (Å²) < 4.78 is 0. The molecule has 7 nitrogen and oxygen atoms in total. The summed E-state index contributed by atoms with van der Waals surface area (Å²) >= 11 is 0. The molecule has 7 heteroatoms. The molecule has 0 bridgehead atoms. The minimum Gasteiger partial charge on any atom is -0.516 e. The minimum absolute atomic E-state index is 0.726. The van der Waals surface area contributed by atoms with Gasteiger partial charge in [-0.15, -0.1) is 0 Å². The molecule has 0 aromatic heterocycles. The van der Waals surface area contributed by atoms with Crippen LogP contribution in [-0.4, -0.2) is 73.4 Å². The van der Waals surface area contributed by atoms with Gasteiger partial charge in [-0.1, -0.05) is 6.58 Å². The molecular formula is C8H18O7. The van der Waals surface area contributed by atoms with Gasteiger partial charge in [0.15, 0.2) is 0 Å². The van der Waals surface area contributed by atoms with E-state index in [1.807, 2.05) is 0 Å². The van der Waals surface area contributed by atoms with Gasteiger partial charge in [0.1, 0.15) is 24.4 Å². The molecule has 0 aliphatic heterocycles. The number of hydrogen-bond acceptors (Lipinski definition) is 7. The second-order valence-electron chi connectivity index (χ2n) is 2.66. The first kappa shape index (κ1) is 16.7. The van der Waals surface area contributed by atoms with Crippen molar-refractivity contribution in [2.45, 2.75) is 24.4 Å². The second-order valence-corrected chi connectivity index (χ2v) is 2.66. The van der Waals surface area contributed by atoms with Crippen molar-refractivity contribution < 1.29 is 35.7 Å². The lowest BCUT2D eigenvalue weighted by molar-refractivity contribution is -0.123. The average molecular weight is 226 g/mol. The maximum absolute atomic E-state index is 8.96. The zero-order chi connectivity index (χ0) is 12.4. The molecule has 0 fully saturated rings. The fourth-order valence-electron chi connectivity index (χ4n) is 0.671. The van der Waals surface area contributed by atoms with E-state index in [0.717, 1.165) is 6.26 Å². The van der Waals surface area contributed by atoms with Crippen LogP contribution in [0.1, 0.15) is 0 Å². The molecule has 0 aromatic rings. The Hall–Kier alpha value is -0.700. The third kappa shape index (κ3) is 7.25. The van der Waals surface area contributed by atoms with E-state index in [4.69, 9.17) is 35.7 Å². The largest absolute Gasteiger partial charge is 0.516 e. The summed E-state index contributed by atoms with van der Waals surface area (Å²) in [6.07, 6.45) is -5.64. The quantitative estimate of drug-likeness (QED) is 0.249. The predicted molar refractivity (Wildman–Crippen MR) is 51.0 cm³/mol. The van der Waals surface area contributed by atoms with Gasteiger partial charge in [0, 0.05) is 0 Å². The van der Waals surface area contributed by atoms with Crippen LogP contribution < -0.4 is 0 Å². The lowest BCUT2D eigenvalue weighted by Crippen LogP contribution is -2.46. The van der Waals surface area contributed by atoms with E-state index in [1.54, 1.807) is 0 Å². The van der Waals surface area contributed by atoms with Crippen LogP contribution in [0.25, 0.3) is 0 Å². The van der Waals surface area contributed by atoms with Crippen molar-refractivity contribution in [3.63, 3.8) is 0 Å². The van der Waals surface area contributed by atoms with Crippen LogP contribution >= 0.6 is 0 Å². The van der Waals surface area contributed by atoms with Gasteiger partial charge in [0.2, 0.25) is 0 Å². The summed E-state index contributed by atoms with van der Waals surface area (Å²) in [4.78, 5) is 0. The van der Waals surface area contributed by atoms with Gasteiger partial charge in [-0.25, -0.2) is 0 Å². The molecule has 4 atom stereocenters. The molecule has 15 heavy (non-hydrogen) atoms. The van der Waals surface area contributed by atoms with Crippen LogP contribution in [0.2, 0.25) is 0 Å². The van der Waals surface area contributed by atoms with Crippen molar-refractivity contribution in [1.29, 1.82) is 0 Å². The summed E-state index contributed by atoms with van der Waals surface area (Å²) in [6.45, 7) is 1.47. The highest BCUT2D eigenvalue weighted by Gasteiger charge is 2.29. The maximum Gasteiger partial charge on any atom is 0.111 e. The number of rotatable bonds is 5. The van der Waals surface area contributed by atoms with Crippen LogP contribution in [-0.2, 0) is 0 Å². The molecule has 0 aromatic carbocycles. The second kappa shape index (κ2) is 9.84. The van der Waals surface area contributed by atoms with E-state index in [-0.39, 0.29) is 0 Å². The van der Waals surface area contributed by atoms with Gasteiger partial charge < -0.3 is 35.7 Å². The van der Waals surface area contributed by atoms with Crippen molar-refractivity contribution in [1.82, 2.24) is 0 Å². The first-order chi connectivity index (χ1) is 6.95. The fraction of sp³-hybridized carbons (Fsp3) is 0.750. The molecule has 0 spiro atoms. The smallest absolute Gasteiger partial charge is 0.111 e. The highest BCUT2D eigenvalue weighted by molar-refractivity contribution is 4.79. The summed E-state index contributed by atoms with van der Waals surface area (Å²) in [5.41, 5.74) is 0. The Morgan fingerprint density at radius 2 is 1.07 bits per heavy atom. The van der Waals surface area contributed by atoms with E-state index < -0.39 is 37.6 Å². The Morgan fingerprint density at radius 1 is 0.867 bits per heavy atom. The van der Waals surface area contributed by atoms with Gasteiger partial charge >= 0.3 is 0 Å². The molecule has 7 N–H and O–H groups in total. The fourth-order valence-corrected chi connectivity index (χ4v) is 0.671. The zero-order valence-electron chi connectivity index (χ0n) is 8.14. The Morgan fingerprint density at radius 3 is 1.20 bits per heavy atom. The lowest BCUT2D eigenvalue weighted by Gasteiger charge is -2.24. The van der Waals surface area contributed by atoms with Crippen molar-refractivity contribution in [2.24, 2.45) is 0 Å². The minimum atomic E-state index is -1.67. The molecule has 0 aliphatic carbocycles. The third-order valence-electron chi connectivity index (χ3n) is 1.51. The monoisotopic (exact) mass is 226 g/mol. The summed E-state index contributed by atoms with van der Waals surface area (Å²) in [5, 5.41) is 59.5. The molecule has 0 radical (unpaired) electrons. The van der Waals surface area contributed by atoms with Crippen molar-refractivity contribution in [3.8, 4) is 0 Å². The molecule has 0 rings (SSSR count). The molecule has 0 saturated heterocycles. The van der Waals surface area contributed by atoms with E-state index >= 15 is 0 Å². The summed E-state index contributed by atoms with van der Waals surface area (Å²) in [6, 6.07) is 0. The van der Waals surface area contributed by atoms with Crippen LogP contribution in [0.15, 0.2) is 12.8 Å². The molecule has 0 saturated carbocycles. The van der Waals surface area contributed by atoms with Crippen molar-refractivity contribution >= 4 is 0 Å². The maximum atomic E-state index is 8.96. The van der Waals surface area contributed by atoms with Gasteiger partial charge in [0.05, 0.1) is 19.5 Å². The topological polar surface area (TPSA) is 142 Å². The van der Waals surface area contributed by atoms with Crippen molar-refractivity contribution in [3.05, 3.63) is 12.8 Å². The summed E-state index contributed by atoms with van der Waals surface area (Å²) in [7, 11) is 0. The van der Waals surface area contributed by atoms with Crippen LogP contribution in [0.3, 0.4) is 0 Å². The highest BCUT2D eigenvalue weighted by Crippen LogP contribution is 2.03.